The molecule has 6 nitrogen and oxygen atoms in total. The molecular weight excluding hydrogens is 299 g/mol. The van der Waals surface area contributed by atoms with Gasteiger partial charge in [0.25, 0.3) is 0 Å². The lowest BCUT2D eigenvalue weighted by molar-refractivity contribution is 0.205. The Kier molecular flexibility index (Phi) is 3.35. The molecule has 2 aromatic heterocycles. The lowest BCUT2D eigenvalue weighted by atomic mass is 9.83. The fraction of sp³-hybridized carbons (Fsp3) is 0.250. The number of rotatable bonds is 0. The molecule has 4 rings (SSSR count). The van der Waals surface area contributed by atoms with Crippen LogP contribution in [0.15, 0.2) is 18.3 Å². The van der Waals surface area contributed by atoms with Crippen LogP contribution in [0.5, 0.6) is 0 Å². The van der Waals surface area contributed by atoms with Gasteiger partial charge in [-0.1, -0.05) is 19.9 Å². The van der Waals surface area contributed by atoms with Gasteiger partial charge in [0, 0.05) is 27.2 Å². The number of nitrogens with two attached hydrogens (primary N) is 1. The Bertz CT molecular complexity index is 981. The molecule has 0 aliphatic heterocycles. The third-order valence-corrected chi connectivity index (χ3v) is 3.79. The summed E-state index contributed by atoms with van der Waals surface area (Å²) < 4.78 is 13.6. The fourth-order valence-electron chi connectivity index (χ4n) is 3.13. The number of primary amides is 1. The number of H-pyrrole nitrogens is 2. The number of carbonyl (C=O) groups is 1. The monoisotopic (exact) mass is 316 g/mol. The van der Waals surface area contributed by atoms with Gasteiger partial charge in [-0.15, -0.1) is 0 Å². The van der Waals surface area contributed by atoms with E-state index in [1.807, 2.05) is 0 Å². The van der Waals surface area contributed by atoms with Gasteiger partial charge >= 0.3 is 6.09 Å². The van der Waals surface area contributed by atoms with Crippen molar-refractivity contribution in [2.75, 3.05) is 0 Å². The minimum absolute atomic E-state index is 0.0643. The van der Waals surface area contributed by atoms with Crippen LogP contribution in [0, 0.1) is 11.2 Å². The maximum Gasteiger partial charge on any atom is 0.402 e. The molecule has 120 valence electrons. The second-order valence-corrected chi connectivity index (χ2v) is 6.33. The maximum atomic E-state index is 13.6. The third-order valence-electron chi connectivity index (χ3n) is 3.79. The number of hydrogen-bond donors (Lipinski definition) is 4. The normalized spacial score (nSPS) is 14.9. The average Bonchev–Trinajstić information content (AvgIpc) is 2.62. The summed E-state index contributed by atoms with van der Waals surface area (Å²) in [5.74, 6) is -0.241. The summed E-state index contributed by atoms with van der Waals surface area (Å²) in [6.45, 7) is 4.37. The summed E-state index contributed by atoms with van der Waals surface area (Å²) in [5.41, 5.74) is 6.03. The van der Waals surface area contributed by atoms with Crippen molar-refractivity contribution in [2.24, 2.45) is 11.1 Å². The first-order valence-electron chi connectivity index (χ1n) is 7.12. The number of halogens is 1. The molecule has 0 unspecified atom stereocenters. The Labute approximate surface area is 130 Å². The molecule has 0 bridgehead atoms. The van der Waals surface area contributed by atoms with Crippen LogP contribution in [-0.2, 0) is 6.42 Å². The molecule has 1 amide bonds. The number of benzene rings is 1. The molecule has 7 heteroatoms. The van der Waals surface area contributed by atoms with Crippen LogP contribution < -0.4 is 11.1 Å². The predicted molar refractivity (Wildman–Crippen MR) is 86.1 cm³/mol. The molecular formula is C16H17FN4O2. The smallest absolute Gasteiger partial charge is 0.402 e. The predicted octanol–water partition coefficient (Wildman–Crippen LogP) is 2.45. The minimum Gasteiger partial charge on any atom is -0.465 e. The van der Waals surface area contributed by atoms with E-state index in [9.17, 15) is 4.39 Å². The standard InChI is InChI=1S/C15H14FN3.CH3NO2/c1-15(2)5-11-14-12(6-15)19-17-7-8-3-9(16)4-10(18-11)13(8)14;2-1(3)4/h3-5,7,18-19H,6H2,1-2H3;2H2,(H,3,4). The largest absolute Gasteiger partial charge is 0.465 e. The molecule has 5 N–H and O–H groups in total. The molecule has 0 spiro atoms. The van der Waals surface area contributed by atoms with Crippen LogP contribution >= 0.6 is 0 Å². The lowest BCUT2D eigenvalue weighted by Crippen LogP contribution is -2.23. The molecule has 2 heterocycles. The Hall–Kier alpha value is -2.83. The van der Waals surface area contributed by atoms with Crippen molar-refractivity contribution < 1.29 is 14.3 Å². The zero-order valence-corrected chi connectivity index (χ0v) is 12.8. The van der Waals surface area contributed by atoms with E-state index in [4.69, 9.17) is 9.90 Å². The molecule has 0 saturated carbocycles. The Morgan fingerprint density at radius 1 is 1.39 bits per heavy atom. The van der Waals surface area contributed by atoms with Crippen molar-refractivity contribution in [3.05, 3.63) is 35.2 Å². The van der Waals surface area contributed by atoms with Crippen molar-refractivity contribution in [3.8, 4) is 0 Å². The molecule has 23 heavy (non-hydrogen) atoms. The molecule has 1 aromatic carbocycles. The minimum atomic E-state index is -1.33. The highest BCUT2D eigenvalue weighted by atomic mass is 19.1. The van der Waals surface area contributed by atoms with Gasteiger partial charge in [-0.05, 0) is 24.0 Å². The summed E-state index contributed by atoms with van der Waals surface area (Å²) in [6.07, 6.45) is 3.49. The van der Waals surface area contributed by atoms with E-state index in [1.165, 1.54) is 6.07 Å². The zero-order valence-electron chi connectivity index (χ0n) is 12.8. The first-order valence-corrected chi connectivity index (χ1v) is 7.12. The number of hydrogen-bond acceptors (Lipinski definition) is 2. The topological polar surface area (TPSA) is 108 Å². The van der Waals surface area contributed by atoms with E-state index in [0.29, 0.717) is 0 Å². The Morgan fingerprint density at radius 3 is 2.78 bits per heavy atom. The van der Waals surface area contributed by atoms with Gasteiger partial charge in [-0.2, -0.15) is 5.10 Å². The van der Waals surface area contributed by atoms with Gasteiger partial charge in [0.15, 0.2) is 0 Å². The third kappa shape index (κ3) is 2.77. The molecule has 1 aliphatic carbocycles. The molecule has 0 fully saturated rings. The van der Waals surface area contributed by atoms with E-state index in [-0.39, 0.29) is 11.2 Å². The second kappa shape index (κ2) is 5.12. The van der Waals surface area contributed by atoms with Crippen LogP contribution in [0.4, 0.5) is 9.18 Å². The van der Waals surface area contributed by atoms with E-state index < -0.39 is 6.09 Å². The number of aromatic nitrogens is 3. The SMILES string of the molecule is CC1(C)C=c2[nH]c3cc(F)cc4cn[nH]c(c2c43)C1.NC(=O)O. The Morgan fingerprint density at radius 2 is 2.09 bits per heavy atom. The summed E-state index contributed by atoms with van der Waals surface area (Å²) in [6, 6.07) is 3.08. The summed E-state index contributed by atoms with van der Waals surface area (Å²) in [4.78, 5) is 12.1. The van der Waals surface area contributed by atoms with Gasteiger partial charge in [0.2, 0.25) is 0 Å². The van der Waals surface area contributed by atoms with Crippen molar-refractivity contribution >= 4 is 33.8 Å². The molecule has 0 atom stereocenters. The highest BCUT2D eigenvalue weighted by Crippen LogP contribution is 2.32. The summed E-state index contributed by atoms with van der Waals surface area (Å²) >= 11 is 0. The van der Waals surface area contributed by atoms with Crippen LogP contribution in [0.3, 0.4) is 0 Å². The van der Waals surface area contributed by atoms with Gasteiger partial charge in [-0.25, -0.2) is 9.18 Å². The first kappa shape index (κ1) is 15.1. The quantitative estimate of drug-likeness (QED) is 0.511. The molecule has 3 aromatic rings. The molecule has 0 radical (unpaired) electrons. The Balaban J connectivity index is 0.000000354. The van der Waals surface area contributed by atoms with E-state index in [2.05, 4.69) is 40.8 Å². The molecule has 1 aliphatic rings. The summed E-state index contributed by atoms with van der Waals surface area (Å²) in [7, 11) is 0. The van der Waals surface area contributed by atoms with Crippen LogP contribution in [0.1, 0.15) is 19.5 Å². The van der Waals surface area contributed by atoms with Gasteiger partial charge < -0.3 is 15.8 Å². The number of nitrogens with zero attached hydrogens (tertiary/aromatic N) is 1. The van der Waals surface area contributed by atoms with Gasteiger partial charge in [-0.3, -0.25) is 5.10 Å². The van der Waals surface area contributed by atoms with E-state index in [1.54, 1.807) is 12.3 Å². The number of aromatic amines is 2. The maximum absolute atomic E-state index is 13.6. The van der Waals surface area contributed by atoms with Crippen molar-refractivity contribution in [1.29, 1.82) is 0 Å². The molecule has 0 saturated heterocycles. The first-order chi connectivity index (χ1) is 10.8. The number of carboxylic acid groups (broad SMARTS) is 1. The lowest BCUT2D eigenvalue weighted by Gasteiger charge is -2.22. The summed E-state index contributed by atoms with van der Waals surface area (Å²) in [5, 5.41) is 18.6. The van der Waals surface area contributed by atoms with Crippen LogP contribution in [0.2, 0.25) is 0 Å². The van der Waals surface area contributed by atoms with E-state index >= 15 is 0 Å². The van der Waals surface area contributed by atoms with Crippen molar-refractivity contribution in [3.63, 3.8) is 0 Å². The second-order valence-electron chi connectivity index (χ2n) is 6.33. The van der Waals surface area contributed by atoms with Crippen LogP contribution in [0.25, 0.3) is 27.8 Å². The van der Waals surface area contributed by atoms with E-state index in [0.717, 1.165) is 39.1 Å². The van der Waals surface area contributed by atoms with Crippen molar-refractivity contribution in [1.82, 2.24) is 15.2 Å². The average molecular weight is 316 g/mol. The fourth-order valence-corrected chi connectivity index (χ4v) is 3.13. The number of amides is 1. The highest BCUT2D eigenvalue weighted by molar-refractivity contribution is 6.09. The highest BCUT2D eigenvalue weighted by Gasteiger charge is 2.24. The zero-order chi connectivity index (χ0) is 16.8. The van der Waals surface area contributed by atoms with Crippen LogP contribution in [-0.4, -0.2) is 26.4 Å². The van der Waals surface area contributed by atoms with Gasteiger partial charge in [0.1, 0.15) is 5.82 Å². The van der Waals surface area contributed by atoms with Crippen molar-refractivity contribution in [2.45, 2.75) is 20.3 Å². The number of nitrogens with one attached hydrogen (secondary N) is 2. The van der Waals surface area contributed by atoms with Gasteiger partial charge in [0.05, 0.1) is 11.7 Å².